The fourth-order valence-corrected chi connectivity index (χ4v) is 3.63. The van der Waals surface area contributed by atoms with Crippen LogP contribution >= 0.6 is 0 Å². The van der Waals surface area contributed by atoms with E-state index in [1.165, 1.54) is 18.2 Å². The summed E-state index contributed by atoms with van der Waals surface area (Å²) in [6, 6.07) is 5.56. The van der Waals surface area contributed by atoms with E-state index < -0.39 is 16.2 Å². The summed E-state index contributed by atoms with van der Waals surface area (Å²) in [7, 11) is -3.77. The van der Waals surface area contributed by atoms with E-state index in [1.807, 2.05) is 6.92 Å². The summed E-state index contributed by atoms with van der Waals surface area (Å²) in [5.74, 6) is -0.366. The van der Waals surface area contributed by atoms with Gasteiger partial charge in [-0.3, -0.25) is 4.79 Å². The zero-order valence-corrected chi connectivity index (χ0v) is 14.9. The fourth-order valence-electron chi connectivity index (χ4n) is 2.51. The van der Waals surface area contributed by atoms with Gasteiger partial charge in [0.25, 0.3) is 5.91 Å². The Morgan fingerprint density at radius 2 is 2.24 bits per heavy atom. The van der Waals surface area contributed by atoms with Crippen molar-refractivity contribution in [1.29, 1.82) is 0 Å². The largest absolute Gasteiger partial charge is 0.380 e. The van der Waals surface area contributed by atoms with Crippen LogP contribution < -0.4 is 15.4 Å². The highest BCUT2D eigenvalue weighted by atomic mass is 32.2. The molecule has 0 saturated carbocycles. The van der Waals surface area contributed by atoms with Gasteiger partial charge in [0, 0.05) is 37.8 Å². The summed E-state index contributed by atoms with van der Waals surface area (Å²) in [5.41, 5.74) is 0.252. The van der Waals surface area contributed by atoms with Gasteiger partial charge in [0.2, 0.25) is 10.0 Å². The Hall–Kier alpha value is -1.55. The Morgan fingerprint density at radius 1 is 1.44 bits per heavy atom. The molecule has 3 N–H and O–H groups in total. The second-order valence-corrected chi connectivity index (χ2v) is 7.54. The van der Waals surface area contributed by atoms with E-state index in [0.29, 0.717) is 19.8 Å². The van der Waals surface area contributed by atoms with Crippen LogP contribution in [0, 0.1) is 0 Å². The molecule has 2 rings (SSSR count). The summed E-state index contributed by atoms with van der Waals surface area (Å²) in [6.45, 7) is 3.51. The van der Waals surface area contributed by atoms with Crippen molar-refractivity contribution in [3.8, 4) is 0 Å². The zero-order chi connectivity index (χ0) is 18.3. The topological polar surface area (TPSA) is 96.5 Å². The van der Waals surface area contributed by atoms with Gasteiger partial charge in [-0.1, -0.05) is 6.07 Å². The molecule has 1 amide bonds. The summed E-state index contributed by atoms with van der Waals surface area (Å²) in [5, 5.41) is 5.58. The minimum Gasteiger partial charge on any atom is -0.380 e. The number of halogens is 1. The summed E-state index contributed by atoms with van der Waals surface area (Å²) >= 11 is 0. The van der Waals surface area contributed by atoms with Crippen LogP contribution in [-0.2, 0) is 14.8 Å². The molecule has 7 nitrogen and oxygen atoms in total. The molecule has 0 bridgehead atoms. The van der Waals surface area contributed by atoms with E-state index in [2.05, 4.69) is 15.4 Å². The SMILES string of the molecule is CCOCCNC(=O)c1cccc(S(=O)(=O)NC[C@@H]2C[C@H](F)CN2)c1. The van der Waals surface area contributed by atoms with Gasteiger partial charge in [-0.2, -0.15) is 0 Å². The van der Waals surface area contributed by atoms with E-state index in [0.717, 1.165) is 0 Å². The molecule has 0 radical (unpaired) electrons. The number of ether oxygens (including phenoxy) is 1. The molecular formula is C16H24FN3O4S. The smallest absolute Gasteiger partial charge is 0.251 e. The minimum absolute atomic E-state index is 0.000228. The summed E-state index contributed by atoms with van der Waals surface area (Å²) < 4.78 is 45.4. The summed E-state index contributed by atoms with van der Waals surface area (Å²) in [6.07, 6.45) is -0.664. The van der Waals surface area contributed by atoms with Crippen LogP contribution in [-0.4, -0.2) is 59.4 Å². The first-order valence-corrected chi connectivity index (χ1v) is 9.74. The maximum atomic E-state index is 13.1. The molecule has 9 heteroatoms. The van der Waals surface area contributed by atoms with Crippen molar-refractivity contribution in [3.05, 3.63) is 29.8 Å². The lowest BCUT2D eigenvalue weighted by Crippen LogP contribution is -2.37. The standard InChI is InChI=1S/C16H24FN3O4S/c1-2-24-7-6-18-16(21)12-4-3-5-15(8-12)25(22,23)20-11-14-9-13(17)10-19-14/h3-5,8,13-14,19-20H,2,6-7,9-11H2,1H3,(H,18,21)/t13-,14-/m0/s1. The van der Waals surface area contributed by atoms with Crippen LogP contribution in [0.25, 0.3) is 0 Å². The number of carbonyl (C=O) groups is 1. The van der Waals surface area contributed by atoms with E-state index in [1.54, 1.807) is 6.07 Å². The number of carbonyl (C=O) groups excluding carboxylic acids is 1. The van der Waals surface area contributed by atoms with Crippen molar-refractivity contribution >= 4 is 15.9 Å². The van der Waals surface area contributed by atoms with Gasteiger partial charge < -0.3 is 15.4 Å². The van der Waals surface area contributed by atoms with Crippen molar-refractivity contribution in [1.82, 2.24) is 15.4 Å². The first kappa shape index (κ1) is 19.8. The lowest BCUT2D eigenvalue weighted by molar-refractivity contribution is 0.0922. The Labute approximate surface area is 147 Å². The molecule has 0 aromatic heterocycles. The lowest BCUT2D eigenvalue weighted by Gasteiger charge is -2.12. The molecule has 1 aliphatic rings. The van der Waals surface area contributed by atoms with Gasteiger partial charge in [-0.15, -0.1) is 0 Å². The third kappa shape index (κ3) is 6.03. The highest BCUT2D eigenvalue weighted by Gasteiger charge is 2.25. The highest BCUT2D eigenvalue weighted by molar-refractivity contribution is 7.89. The van der Waals surface area contributed by atoms with E-state index >= 15 is 0 Å². The molecular weight excluding hydrogens is 349 g/mol. The maximum absolute atomic E-state index is 13.1. The number of rotatable bonds is 9. The van der Waals surface area contributed by atoms with Crippen LogP contribution in [0.3, 0.4) is 0 Å². The molecule has 0 unspecified atom stereocenters. The molecule has 0 aliphatic carbocycles. The predicted octanol–water partition coefficient (Wildman–Crippen LogP) is 0.431. The Kier molecular flexibility index (Phi) is 7.30. The number of benzene rings is 1. The second kappa shape index (κ2) is 9.23. The first-order valence-electron chi connectivity index (χ1n) is 8.25. The molecule has 1 aliphatic heterocycles. The van der Waals surface area contributed by atoms with E-state index in [4.69, 9.17) is 4.74 Å². The average molecular weight is 373 g/mol. The van der Waals surface area contributed by atoms with Gasteiger partial charge in [0.15, 0.2) is 0 Å². The van der Waals surface area contributed by atoms with Crippen molar-refractivity contribution in [2.75, 3.05) is 32.8 Å². The predicted molar refractivity (Wildman–Crippen MR) is 91.8 cm³/mol. The number of hydrogen-bond donors (Lipinski definition) is 3. The number of nitrogens with one attached hydrogen (secondary N) is 3. The lowest BCUT2D eigenvalue weighted by atomic mass is 10.2. The molecule has 2 atom stereocenters. The molecule has 1 heterocycles. The zero-order valence-electron chi connectivity index (χ0n) is 14.1. The maximum Gasteiger partial charge on any atom is 0.251 e. The van der Waals surface area contributed by atoms with Gasteiger partial charge in [0.05, 0.1) is 11.5 Å². The molecule has 1 saturated heterocycles. The van der Waals surface area contributed by atoms with Crippen molar-refractivity contribution < 1.29 is 22.3 Å². The van der Waals surface area contributed by atoms with Crippen molar-refractivity contribution in [2.45, 2.75) is 30.5 Å². The quantitative estimate of drug-likeness (QED) is 0.546. The average Bonchev–Trinajstić information content (AvgIpc) is 3.02. The van der Waals surface area contributed by atoms with Crippen LogP contribution in [0.4, 0.5) is 4.39 Å². The minimum atomic E-state index is -3.77. The Bertz CT molecular complexity index is 684. The van der Waals surface area contributed by atoms with Gasteiger partial charge >= 0.3 is 0 Å². The fraction of sp³-hybridized carbons (Fsp3) is 0.562. The van der Waals surface area contributed by atoms with E-state index in [9.17, 15) is 17.6 Å². The monoisotopic (exact) mass is 373 g/mol. The number of amides is 1. The number of hydrogen-bond acceptors (Lipinski definition) is 5. The van der Waals surface area contributed by atoms with Crippen LogP contribution in [0.5, 0.6) is 0 Å². The molecule has 25 heavy (non-hydrogen) atoms. The van der Waals surface area contributed by atoms with Crippen molar-refractivity contribution in [2.24, 2.45) is 0 Å². The number of alkyl halides is 1. The molecule has 0 spiro atoms. The third-order valence-electron chi connectivity index (χ3n) is 3.83. The van der Waals surface area contributed by atoms with Crippen LogP contribution in [0.15, 0.2) is 29.2 Å². The molecule has 140 valence electrons. The normalized spacial score (nSPS) is 20.6. The van der Waals surface area contributed by atoms with Crippen LogP contribution in [0.2, 0.25) is 0 Å². The van der Waals surface area contributed by atoms with Crippen LogP contribution in [0.1, 0.15) is 23.7 Å². The van der Waals surface area contributed by atoms with Crippen molar-refractivity contribution in [3.63, 3.8) is 0 Å². The Morgan fingerprint density at radius 3 is 2.92 bits per heavy atom. The highest BCUT2D eigenvalue weighted by Crippen LogP contribution is 2.13. The van der Waals surface area contributed by atoms with Gasteiger partial charge in [0.1, 0.15) is 6.17 Å². The number of sulfonamides is 1. The first-order chi connectivity index (χ1) is 11.9. The van der Waals surface area contributed by atoms with E-state index in [-0.39, 0.29) is 41.9 Å². The van der Waals surface area contributed by atoms with Gasteiger partial charge in [-0.25, -0.2) is 17.5 Å². The third-order valence-corrected chi connectivity index (χ3v) is 5.25. The summed E-state index contributed by atoms with van der Waals surface area (Å²) in [4.78, 5) is 12.1. The second-order valence-electron chi connectivity index (χ2n) is 5.77. The molecule has 1 aromatic carbocycles. The Balaban J connectivity index is 1.95. The van der Waals surface area contributed by atoms with Gasteiger partial charge in [-0.05, 0) is 31.5 Å². The molecule has 1 fully saturated rings. The molecule has 1 aromatic rings.